The number of aromatic nitrogens is 4. The summed E-state index contributed by atoms with van der Waals surface area (Å²) in [5.74, 6) is 0.319. The number of methoxy groups -OCH3 is 1. The first kappa shape index (κ1) is 13.3. The summed E-state index contributed by atoms with van der Waals surface area (Å²) >= 11 is 0. The van der Waals surface area contributed by atoms with Crippen molar-refractivity contribution in [1.82, 2.24) is 19.5 Å². The molecule has 0 unspecified atom stereocenters. The smallest absolute Gasteiger partial charge is 0.246 e. The second-order valence-electron chi connectivity index (χ2n) is 4.40. The van der Waals surface area contributed by atoms with Crippen molar-refractivity contribution in [3.8, 4) is 5.88 Å². The molecule has 0 aliphatic heterocycles. The summed E-state index contributed by atoms with van der Waals surface area (Å²) in [6, 6.07) is 0. The fourth-order valence-corrected chi connectivity index (χ4v) is 1.60. The van der Waals surface area contributed by atoms with Gasteiger partial charge in [-0.15, -0.1) is 0 Å². The predicted octanol–water partition coefficient (Wildman–Crippen LogP) is 1.45. The highest BCUT2D eigenvalue weighted by Crippen LogP contribution is 2.22. The number of nitrogens with one attached hydrogen (secondary N) is 1. The molecule has 0 fully saturated rings. The monoisotopic (exact) mass is 263 g/mol. The van der Waals surface area contributed by atoms with Gasteiger partial charge in [0, 0.05) is 12.5 Å². The lowest BCUT2D eigenvalue weighted by molar-refractivity contribution is -0.118. The number of fused-ring (bicyclic) bond motifs is 1. The average molecular weight is 263 g/mol. The predicted molar refractivity (Wildman–Crippen MR) is 71.0 cm³/mol. The minimum absolute atomic E-state index is 0.135. The van der Waals surface area contributed by atoms with Crippen molar-refractivity contribution in [2.75, 3.05) is 12.4 Å². The van der Waals surface area contributed by atoms with Crippen LogP contribution in [0.5, 0.6) is 5.88 Å². The molecule has 0 radical (unpaired) electrons. The molecule has 7 heteroatoms. The van der Waals surface area contributed by atoms with Gasteiger partial charge in [-0.25, -0.2) is 4.98 Å². The van der Waals surface area contributed by atoms with Gasteiger partial charge in [-0.3, -0.25) is 10.1 Å². The maximum atomic E-state index is 11.7. The zero-order chi connectivity index (χ0) is 14.0. The van der Waals surface area contributed by atoms with E-state index in [1.807, 2.05) is 11.5 Å². The Bertz CT molecular complexity index is 605. The molecule has 0 atom stereocenters. The average Bonchev–Trinajstić information content (AvgIpc) is 2.80. The summed E-state index contributed by atoms with van der Waals surface area (Å²) in [5, 5.41) is 2.67. The normalized spacial score (nSPS) is 11.0. The Morgan fingerprint density at radius 2 is 2.21 bits per heavy atom. The lowest BCUT2D eigenvalue weighted by Gasteiger charge is -2.08. The molecule has 0 aliphatic carbocycles. The summed E-state index contributed by atoms with van der Waals surface area (Å²) < 4.78 is 7.06. The van der Waals surface area contributed by atoms with Crippen molar-refractivity contribution in [2.45, 2.75) is 27.3 Å². The topological polar surface area (TPSA) is 81.9 Å². The van der Waals surface area contributed by atoms with Crippen LogP contribution in [0.25, 0.3) is 11.2 Å². The molecule has 1 amide bonds. The lowest BCUT2D eigenvalue weighted by atomic mass is 10.2. The van der Waals surface area contributed by atoms with Crippen LogP contribution in [-0.2, 0) is 11.3 Å². The quantitative estimate of drug-likeness (QED) is 0.902. The van der Waals surface area contributed by atoms with Crippen LogP contribution in [0.15, 0.2) is 6.33 Å². The number of rotatable bonds is 4. The molecule has 0 saturated carbocycles. The van der Waals surface area contributed by atoms with E-state index < -0.39 is 0 Å². The molecule has 1 N–H and O–H groups in total. The summed E-state index contributed by atoms with van der Waals surface area (Å²) in [4.78, 5) is 24.4. The van der Waals surface area contributed by atoms with Gasteiger partial charge in [-0.05, 0) is 6.92 Å². The first-order chi connectivity index (χ1) is 9.06. The van der Waals surface area contributed by atoms with Crippen molar-refractivity contribution in [3.05, 3.63) is 6.33 Å². The molecule has 7 nitrogen and oxygen atoms in total. The molecule has 0 aromatic carbocycles. The molecule has 2 aromatic heterocycles. The van der Waals surface area contributed by atoms with Gasteiger partial charge in [0.15, 0.2) is 11.2 Å². The van der Waals surface area contributed by atoms with Gasteiger partial charge in [0.1, 0.15) is 0 Å². The third kappa shape index (κ3) is 2.49. The van der Waals surface area contributed by atoms with Crippen molar-refractivity contribution >= 4 is 23.0 Å². The van der Waals surface area contributed by atoms with Crippen LogP contribution in [-0.4, -0.2) is 32.5 Å². The Hall–Kier alpha value is -2.18. The highest BCUT2D eigenvalue weighted by molar-refractivity contribution is 5.91. The van der Waals surface area contributed by atoms with Crippen LogP contribution in [0.3, 0.4) is 0 Å². The first-order valence-corrected chi connectivity index (χ1v) is 6.14. The Labute approximate surface area is 111 Å². The molecule has 102 valence electrons. The van der Waals surface area contributed by atoms with Crippen molar-refractivity contribution < 1.29 is 9.53 Å². The third-order valence-electron chi connectivity index (χ3n) is 2.73. The van der Waals surface area contributed by atoms with Gasteiger partial charge in [0.25, 0.3) is 0 Å². The second kappa shape index (κ2) is 5.21. The van der Waals surface area contributed by atoms with E-state index in [0.717, 1.165) is 6.54 Å². The minimum Gasteiger partial charge on any atom is -0.479 e. The highest BCUT2D eigenvalue weighted by Gasteiger charge is 2.15. The van der Waals surface area contributed by atoms with Crippen LogP contribution in [0, 0.1) is 5.92 Å². The highest BCUT2D eigenvalue weighted by atomic mass is 16.5. The second-order valence-corrected chi connectivity index (χ2v) is 4.40. The number of amides is 1. The largest absolute Gasteiger partial charge is 0.479 e. The zero-order valence-electron chi connectivity index (χ0n) is 11.5. The van der Waals surface area contributed by atoms with Gasteiger partial charge in [-0.2, -0.15) is 9.97 Å². The zero-order valence-corrected chi connectivity index (χ0v) is 11.5. The van der Waals surface area contributed by atoms with Crippen LogP contribution in [0.4, 0.5) is 5.95 Å². The SMILES string of the molecule is CCn1cnc2c(OC)nc(NC(=O)C(C)C)nc21. The van der Waals surface area contributed by atoms with E-state index in [9.17, 15) is 4.79 Å². The van der Waals surface area contributed by atoms with Gasteiger partial charge >= 0.3 is 0 Å². The number of hydrogen-bond acceptors (Lipinski definition) is 5. The van der Waals surface area contributed by atoms with E-state index in [0.29, 0.717) is 17.0 Å². The summed E-state index contributed by atoms with van der Waals surface area (Å²) in [5.41, 5.74) is 1.24. The number of carbonyl (C=O) groups is 1. The maximum absolute atomic E-state index is 11.7. The fourth-order valence-electron chi connectivity index (χ4n) is 1.60. The number of hydrogen-bond donors (Lipinski definition) is 1. The lowest BCUT2D eigenvalue weighted by Crippen LogP contribution is -2.19. The maximum Gasteiger partial charge on any atom is 0.246 e. The minimum atomic E-state index is -0.138. The standard InChI is InChI=1S/C12H17N5O2/c1-5-17-6-13-8-9(17)14-12(16-11(8)19-4)15-10(18)7(2)3/h6-7H,5H2,1-4H3,(H,14,15,16,18). The van der Waals surface area contributed by atoms with Crippen LogP contribution >= 0.6 is 0 Å². The molecule has 0 saturated heterocycles. The van der Waals surface area contributed by atoms with E-state index in [-0.39, 0.29) is 17.8 Å². The number of imidazole rings is 1. The molecular weight excluding hydrogens is 246 g/mol. The van der Waals surface area contributed by atoms with Crippen LogP contribution < -0.4 is 10.1 Å². The van der Waals surface area contributed by atoms with Crippen molar-refractivity contribution in [2.24, 2.45) is 5.92 Å². The van der Waals surface area contributed by atoms with E-state index in [4.69, 9.17) is 4.74 Å². The molecule has 2 rings (SSSR count). The molecule has 2 aromatic rings. The Morgan fingerprint density at radius 3 is 2.79 bits per heavy atom. The molecular formula is C12H17N5O2. The Kier molecular flexibility index (Phi) is 3.64. The summed E-state index contributed by atoms with van der Waals surface area (Å²) in [6.07, 6.45) is 1.68. The van der Waals surface area contributed by atoms with Gasteiger partial charge in [0.05, 0.1) is 13.4 Å². The molecule has 0 aliphatic rings. The van der Waals surface area contributed by atoms with E-state index in [1.165, 1.54) is 7.11 Å². The van der Waals surface area contributed by atoms with Crippen LogP contribution in [0.2, 0.25) is 0 Å². The van der Waals surface area contributed by atoms with Gasteiger partial charge < -0.3 is 9.30 Å². The molecule has 2 heterocycles. The van der Waals surface area contributed by atoms with Crippen molar-refractivity contribution in [1.29, 1.82) is 0 Å². The van der Waals surface area contributed by atoms with E-state index in [1.54, 1.807) is 20.2 Å². The summed E-state index contributed by atoms with van der Waals surface area (Å²) in [7, 11) is 1.51. The third-order valence-corrected chi connectivity index (χ3v) is 2.73. The number of aryl methyl sites for hydroxylation is 1. The molecule has 19 heavy (non-hydrogen) atoms. The van der Waals surface area contributed by atoms with Gasteiger partial charge in [0.2, 0.25) is 17.7 Å². The molecule has 0 bridgehead atoms. The van der Waals surface area contributed by atoms with Gasteiger partial charge in [-0.1, -0.05) is 13.8 Å². The Morgan fingerprint density at radius 1 is 1.47 bits per heavy atom. The number of ether oxygens (including phenoxy) is 1. The van der Waals surface area contributed by atoms with Crippen LogP contribution in [0.1, 0.15) is 20.8 Å². The Balaban J connectivity index is 2.48. The summed E-state index contributed by atoms with van der Waals surface area (Å²) in [6.45, 7) is 6.33. The van der Waals surface area contributed by atoms with E-state index >= 15 is 0 Å². The molecule has 0 spiro atoms. The van der Waals surface area contributed by atoms with Crippen molar-refractivity contribution in [3.63, 3.8) is 0 Å². The number of anilines is 1. The fraction of sp³-hybridized carbons (Fsp3) is 0.500. The number of nitrogens with zero attached hydrogens (tertiary/aromatic N) is 4. The first-order valence-electron chi connectivity index (χ1n) is 6.14. The number of carbonyl (C=O) groups excluding carboxylic acids is 1. The van der Waals surface area contributed by atoms with E-state index in [2.05, 4.69) is 20.3 Å².